The number of hydrogen-bond donors (Lipinski definition) is 0. The van der Waals surface area contributed by atoms with Crippen molar-refractivity contribution in [2.75, 3.05) is 13.1 Å². The van der Waals surface area contributed by atoms with Gasteiger partial charge in [0, 0.05) is 0 Å². The van der Waals surface area contributed by atoms with Gasteiger partial charge in [-0.1, -0.05) is 27.7 Å². The van der Waals surface area contributed by atoms with Gasteiger partial charge in [0.2, 0.25) is 12.2 Å². The van der Waals surface area contributed by atoms with Crippen LogP contribution in [0.1, 0.15) is 27.7 Å². The first-order chi connectivity index (χ1) is 6.37. The quantitative estimate of drug-likeness (QED) is 0.496. The van der Waals surface area contributed by atoms with Crippen LogP contribution in [0, 0.1) is 10.8 Å². The molecule has 4 heteroatoms. The molecule has 0 aliphatic heterocycles. The second kappa shape index (κ2) is 4.85. The lowest BCUT2D eigenvalue weighted by Gasteiger charge is -2.38. The molecule has 0 amide bonds. The predicted molar refractivity (Wildman–Crippen MR) is 53.5 cm³/mol. The molecule has 0 aromatic heterocycles. The maximum atomic E-state index is 10.0. The van der Waals surface area contributed by atoms with Gasteiger partial charge in [-0.15, -0.1) is 0 Å². The first-order valence-corrected chi connectivity index (χ1v) is 4.45. The summed E-state index contributed by atoms with van der Waals surface area (Å²) in [6, 6.07) is 0. The van der Waals surface area contributed by atoms with E-state index in [-0.39, 0.29) is 10.8 Å². The van der Waals surface area contributed by atoms with E-state index in [0.717, 1.165) is 0 Å². The summed E-state index contributed by atoms with van der Waals surface area (Å²) in [6.45, 7) is 8.69. The van der Waals surface area contributed by atoms with Crippen molar-refractivity contribution in [1.29, 1.82) is 0 Å². The van der Waals surface area contributed by atoms with Crippen LogP contribution in [0.25, 0.3) is 0 Å². The van der Waals surface area contributed by atoms with Crippen molar-refractivity contribution < 1.29 is 9.59 Å². The normalized spacial score (nSPS) is 11.4. The third kappa shape index (κ3) is 3.25. The summed E-state index contributed by atoms with van der Waals surface area (Å²) in [7, 11) is 0. The van der Waals surface area contributed by atoms with Crippen molar-refractivity contribution in [2.45, 2.75) is 27.7 Å². The van der Waals surface area contributed by atoms with Gasteiger partial charge < -0.3 is 0 Å². The molecule has 4 nitrogen and oxygen atoms in total. The van der Waals surface area contributed by atoms with Crippen molar-refractivity contribution in [3.05, 3.63) is 0 Å². The van der Waals surface area contributed by atoms with Crippen LogP contribution < -0.4 is 0 Å². The molecule has 0 atom stereocenters. The van der Waals surface area contributed by atoms with Gasteiger partial charge >= 0.3 is 0 Å². The van der Waals surface area contributed by atoms with Crippen LogP contribution in [0.2, 0.25) is 0 Å². The molecule has 0 unspecified atom stereocenters. The van der Waals surface area contributed by atoms with Crippen LogP contribution in [0.3, 0.4) is 0 Å². The number of nitrogens with zero attached hydrogens (tertiary/aromatic N) is 2. The topological polar surface area (TPSA) is 58.9 Å². The maximum absolute atomic E-state index is 10.0. The molecule has 0 bridgehead atoms. The molecule has 0 spiro atoms. The minimum absolute atomic E-state index is 0.204. The summed E-state index contributed by atoms with van der Waals surface area (Å²) >= 11 is 0. The minimum Gasteiger partial charge on any atom is -0.211 e. The Kier molecular flexibility index (Phi) is 4.42. The number of hydrogen-bond acceptors (Lipinski definition) is 4. The second-order valence-electron chi connectivity index (χ2n) is 4.58. The first kappa shape index (κ1) is 12.8. The molecule has 0 saturated carbocycles. The Balaban J connectivity index is 4.65. The van der Waals surface area contributed by atoms with Crippen molar-refractivity contribution in [1.82, 2.24) is 0 Å². The largest absolute Gasteiger partial charge is 0.234 e. The van der Waals surface area contributed by atoms with Crippen molar-refractivity contribution in [2.24, 2.45) is 20.8 Å². The lowest BCUT2D eigenvalue weighted by Crippen LogP contribution is -2.37. The number of aliphatic imine (C=N–C) groups is 2. The highest BCUT2D eigenvalue weighted by Crippen LogP contribution is 2.38. The summed E-state index contributed by atoms with van der Waals surface area (Å²) in [5.41, 5.74) is -0.407. The highest BCUT2D eigenvalue weighted by atomic mass is 16.1. The van der Waals surface area contributed by atoms with Gasteiger partial charge in [-0.05, 0) is 10.8 Å². The van der Waals surface area contributed by atoms with Gasteiger partial charge in [0.25, 0.3) is 0 Å². The van der Waals surface area contributed by atoms with E-state index in [9.17, 15) is 9.59 Å². The van der Waals surface area contributed by atoms with E-state index < -0.39 is 0 Å². The van der Waals surface area contributed by atoms with E-state index in [1.54, 1.807) is 0 Å². The molecular formula is C10H16N2O2. The van der Waals surface area contributed by atoms with Crippen LogP contribution in [0.4, 0.5) is 0 Å². The molecule has 0 fully saturated rings. The van der Waals surface area contributed by atoms with E-state index in [1.807, 2.05) is 27.7 Å². The van der Waals surface area contributed by atoms with E-state index >= 15 is 0 Å². The van der Waals surface area contributed by atoms with Crippen LogP contribution in [0.15, 0.2) is 9.98 Å². The Hall–Kier alpha value is -1.24. The van der Waals surface area contributed by atoms with Crippen molar-refractivity contribution in [3.8, 4) is 0 Å². The molecule has 0 saturated heterocycles. The molecule has 0 aliphatic carbocycles. The van der Waals surface area contributed by atoms with E-state index in [2.05, 4.69) is 9.98 Å². The Morgan fingerprint density at radius 2 is 1.14 bits per heavy atom. The molecular weight excluding hydrogens is 180 g/mol. The fourth-order valence-corrected chi connectivity index (χ4v) is 0.888. The van der Waals surface area contributed by atoms with Gasteiger partial charge in [-0.25, -0.2) is 19.6 Å². The number of isocyanates is 2. The number of rotatable bonds is 5. The molecule has 0 heterocycles. The summed E-state index contributed by atoms with van der Waals surface area (Å²) < 4.78 is 0. The average molecular weight is 196 g/mol. The Morgan fingerprint density at radius 3 is 1.36 bits per heavy atom. The highest BCUT2D eigenvalue weighted by Gasteiger charge is 2.36. The van der Waals surface area contributed by atoms with Gasteiger partial charge in [0.05, 0.1) is 13.1 Å². The fourth-order valence-electron chi connectivity index (χ4n) is 0.888. The predicted octanol–water partition coefficient (Wildman–Crippen LogP) is 1.71. The zero-order chi connectivity index (χ0) is 11.2. The zero-order valence-corrected chi connectivity index (χ0v) is 9.13. The summed E-state index contributed by atoms with van der Waals surface area (Å²) in [5, 5.41) is 0. The lowest BCUT2D eigenvalue weighted by molar-refractivity contribution is 0.130. The summed E-state index contributed by atoms with van der Waals surface area (Å²) in [6.07, 6.45) is 3.04. The molecule has 0 rings (SSSR count). The smallest absolute Gasteiger partial charge is 0.211 e. The fraction of sp³-hybridized carbons (Fsp3) is 0.800. The molecule has 0 aliphatic rings. The molecule has 0 aromatic rings. The summed E-state index contributed by atoms with van der Waals surface area (Å²) in [5.74, 6) is 0. The van der Waals surface area contributed by atoms with Gasteiger partial charge in [0.1, 0.15) is 0 Å². The van der Waals surface area contributed by atoms with E-state index in [0.29, 0.717) is 13.1 Å². The second-order valence-corrected chi connectivity index (χ2v) is 4.58. The molecule has 0 aromatic carbocycles. The van der Waals surface area contributed by atoms with Crippen LogP contribution in [-0.4, -0.2) is 25.2 Å². The van der Waals surface area contributed by atoms with Crippen LogP contribution in [-0.2, 0) is 9.59 Å². The Morgan fingerprint density at radius 1 is 0.857 bits per heavy atom. The molecule has 0 N–H and O–H groups in total. The molecule has 78 valence electrons. The highest BCUT2D eigenvalue weighted by molar-refractivity contribution is 5.33. The van der Waals surface area contributed by atoms with Crippen molar-refractivity contribution >= 4 is 12.2 Å². The Bertz CT molecular complexity index is 252. The number of carbonyl (C=O) groups excluding carboxylic acids is 2. The molecule has 14 heavy (non-hydrogen) atoms. The first-order valence-electron chi connectivity index (χ1n) is 4.45. The standard InChI is InChI=1S/C10H16N2O2/c1-9(2,5-11-7-13)10(3,4)6-12-8-14/h5-6H2,1-4H3. The van der Waals surface area contributed by atoms with E-state index in [1.165, 1.54) is 12.2 Å². The molecule has 0 radical (unpaired) electrons. The Labute approximate surface area is 84.1 Å². The lowest BCUT2D eigenvalue weighted by atomic mass is 9.68. The van der Waals surface area contributed by atoms with Gasteiger partial charge in [-0.3, -0.25) is 0 Å². The van der Waals surface area contributed by atoms with Crippen LogP contribution >= 0.6 is 0 Å². The minimum atomic E-state index is -0.204. The van der Waals surface area contributed by atoms with Crippen molar-refractivity contribution in [3.63, 3.8) is 0 Å². The monoisotopic (exact) mass is 196 g/mol. The third-order valence-corrected chi connectivity index (χ3v) is 2.91. The van der Waals surface area contributed by atoms with Gasteiger partial charge in [-0.2, -0.15) is 0 Å². The third-order valence-electron chi connectivity index (χ3n) is 2.91. The SMILES string of the molecule is CC(C)(CN=C=O)C(C)(C)CN=C=O. The average Bonchev–Trinajstić information content (AvgIpc) is 2.11. The summed E-state index contributed by atoms with van der Waals surface area (Å²) in [4.78, 5) is 27.2. The zero-order valence-electron chi connectivity index (χ0n) is 9.13. The van der Waals surface area contributed by atoms with E-state index in [4.69, 9.17) is 0 Å². The van der Waals surface area contributed by atoms with Gasteiger partial charge in [0.15, 0.2) is 0 Å². The van der Waals surface area contributed by atoms with Crippen LogP contribution in [0.5, 0.6) is 0 Å². The maximum Gasteiger partial charge on any atom is 0.234 e.